The first-order valence-corrected chi connectivity index (χ1v) is 6.06. The normalized spacial score (nSPS) is 14.0. The first-order valence-electron chi connectivity index (χ1n) is 6.06. The van der Waals surface area contributed by atoms with Crippen LogP contribution < -0.4 is 10.7 Å². The molecule has 7 nitrogen and oxygen atoms in total. The molecule has 1 aromatic rings. The number of benzene rings is 1. The third-order valence-electron chi connectivity index (χ3n) is 2.80. The highest BCUT2D eigenvalue weighted by Crippen LogP contribution is 2.17. The van der Waals surface area contributed by atoms with Crippen molar-refractivity contribution in [1.29, 1.82) is 0 Å². The summed E-state index contributed by atoms with van der Waals surface area (Å²) in [6.45, 7) is 0. The van der Waals surface area contributed by atoms with Crippen molar-refractivity contribution in [3.05, 3.63) is 29.6 Å². The van der Waals surface area contributed by atoms with Gasteiger partial charge in [0.2, 0.25) is 5.91 Å². The molecule has 8 heteroatoms. The van der Waals surface area contributed by atoms with Crippen molar-refractivity contribution in [2.24, 2.45) is 5.10 Å². The zero-order chi connectivity index (χ0) is 15.4. The summed E-state index contributed by atoms with van der Waals surface area (Å²) in [7, 11) is 1.20. The molecule has 0 unspecified atom stereocenters. The molecule has 0 spiro atoms. The number of hydrogen-bond donors (Lipinski definition) is 2. The molecule has 0 saturated heterocycles. The average Bonchev–Trinajstić information content (AvgIpc) is 2.49. The topological polar surface area (TPSA) is 96.9 Å². The second kappa shape index (κ2) is 6.12. The second-order valence-corrected chi connectivity index (χ2v) is 4.23. The number of hydrazone groups is 1. The van der Waals surface area contributed by atoms with E-state index in [2.05, 4.69) is 20.6 Å². The van der Waals surface area contributed by atoms with Crippen LogP contribution in [-0.2, 0) is 14.3 Å². The van der Waals surface area contributed by atoms with Gasteiger partial charge in [-0.1, -0.05) is 0 Å². The number of carbonyl (C=O) groups excluding carboxylic acids is 3. The van der Waals surface area contributed by atoms with Gasteiger partial charge in [-0.25, -0.2) is 14.6 Å². The van der Waals surface area contributed by atoms with E-state index < -0.39 is 17.7 Å². The van der Waals surface area contributed by atoms with Gasteiger partial charge in [0.05, 0.1) is 18.4 Å². The predicted octanol–water partition coefficient (Wildman–Crippen LogP) is 0.817. The Balaban J connectivity index is 2.17. The van der Waals surface area contributed by atoms with Gasteiger partial charge in [-0.15, -0.1) is 0 Å². The predicted molar refractivity (Wildman–Crippen MR) is 71.2 cm³/mol. The van der Waals surface area contributed by atoms with E-state index in [1.807, 2.05) is 0 Å². The number of hydrogen-bond acceptors (Lipinski definition) is 5. The van der Waals surface area contributed by atoms with Crippen LogP contribution >= 0.6 is 0 Å². The number of halogens is 1. The van der Waals surface area contributed by atoms with Gasteiger partial charge in [-0.3, -0.25) is 9.59 Å². The minimum absolute atomic E-state index is 0.0810. The van der Waals surface area contributed by atoms with E-state index in [-0.39, 0.29) is 35.7 Å². The molecule has 1 aliphatic rings. The molecule has 2 amide bonds. The molecule has 2 rings (SSSR count). The Labute approximate surface area is 119 Å². The Morgan fingerprint density at radius 3 is 2.76 bits per heavy atom. The van der Waals surface area contributed by atoms with Gasteiger partial charge < -0.3 is 10.1 Å². The summed E-state index contributed by atoms with van der Waals surface area (Å²) in [5.74, 6) is -2.27. The molecule has 0 fully saturated rings. The lowest BCUT2D eigenvalue weighted by Gasteiger charge is -2.12. The standard InChI is InChI=1S/C13H12FN3O4/c1-21-13(20)7-2-3-8(14)10(6-7)15-12(19)9-4-5-11(18)17-16-9/h2-3,6H,4-5H2,1H3,(H,15,19)(H,17,18). The maximum Gasteiger partial charge on any atom is 0.337 e. The Morgan fingerprint density at radius 1 is 1.38 bits per heavy atom. The molecule has 0 aliphatic carbocycles. The SMILES string of the molecule is COC(=O)c1ccc(F)c(NC(=O)C2=NNC(=O)CC2)c1. The number of nitrogens with one attached hydrogen (secondary N) is 2. The quantitative estimate of drug-likeness (QED) is 0.806. The highest BCUT2D eigenvalue weighted by atomic mass is 19.1. The number of carbonyl (C=O) groups is 3. The molecule has 1 heterocycles. The van der Waals surface area contributed by atoms with Crippen molar-refractivity contribution in [3.8, 4) is 0 Å². The minimum Gasteiger partial charge on any atom is -0.465 e. The minimum atomic E-state index is -0.698. The van der Waals surface area contributed by atoms with Gasteiger partial charge in [-0.05, 0) is 18.2 Å². The molecular formula is C13H12FN3O4. The molecule has 0 radical (unpaired) electrons. The number of esters is 1. The smallest absolute Gasteiger partial charge is 0.337 e. The van der Waals surface area contributed by atoms with Crippen molar-refractivity contribution >= 4 is 29.2 Å². The van der Waals surface area contributed by atoms with Crippen molar-refractivity contribution in [2.75, 3.05) is 12.4 Å². The third kappa shape index (κ3) is 3.41. The fourth-order valence-electron chi connectivity index (χ4n) is 1.70. The van der Waals surface area contributed by atoms with Crippen LogP contribution in [0.15, 0.2) is 23.3 Å². The molecule has 110 valence electrons. The number of ether oxygens (including phenoxy) is 1. The first-order chi connectivity index (χ1) is 10.0. The first kappa shape index (κ1) is 14.6. The van der Waals surface area contributed by atoms with Crippen LogP contribution in [-0.4, -0.2) is 30.6 Å². The molecule has 21 heavy (non-hydrogen) atoms. The van der Waals surface area contributed by atoms with Crippen molar-refractivity contribution in [3.63, 3.8) is 0 Å². The highest BCUT2D eigenvalue weighted by molar-refractivity contribution is 6.43. The fourth-order valence-corrected chi connectivity index (χ4v) is 1.70. The van der Waals surface area contributed by atoms with Crippen molar-refractivity contribution < 1.29 is 23.5 Å². The van der Waals surface area contributed by atoms with E-state index in [0.717, 1.165) is 6.07 Å². The lowest BCUT2D eigenvalue weighted by Crippen LogP contribution is -2.33. The van der Waals surface area contributed by atoms with E-state index in [0.29, 0.717) is 0 Å². The summed E-state index contributed by atoms with van der Waals surface area (Å²) >= 11 is 0. The molecule has 1 aromatic carbocycles. The Morgan fingerprint density at radius 2 is 2.14 bits per heavy atom. The van der Waals surface area contributed by atoms with Gasteiger partial charge >= 0.3 is 5.97 Å². The van der Waals surface area contributed by atoms with Crippen LogP contribution in [0.4, 0.5) is 10.1 Å². The zero-order valence-electron chi connectivity index (χ0n) is 11.1. The summed E-state index contributed by atoms with van der Waals surface area (Å²) < 4.78 is 18.2. The molecule has 2 N–H and O–H groups in total. The van der Waals surface area contributed by atoms with Crippen LogP contribution in [0, 0.1) is 5.82 Å². The van der Waals surface area contributed by atoms with Gasteiger partial charge in [0.1, 0.15) is 11.5 Å². The number of amides is 2. The van der Waals surface area contributed by atoms with Crippen LogP contribution in [0.25, 0.3) is 0 Å². The van der Waals surface area contributed by atoms with Gasteiger partial charge in [0.25, 0.3) is 5.91 Å². The number of nitrogens with zero attached hydrogens (tertiary/aromatic N) is 1. The average molecular weight is 293 g/mol. The Bertz CT molecular complexity index is 642. The molecule has 0 bridgehead atoms. The van der Waals surface area contributed by atoms with E-state index >= 15 is 0 Å². The van der Waals surface area contributed by atoms with Crippen LogP contribution in [0.3, 0.4) is 0 Å². The summed E-state index contributed by atoms with van der Waals surface area (Å²) in [4.78, 5) is 34.2. The second-order valence-electron chi connectivity index (χ2n) is 4.23. The van der Waals surface area contributed by atoms with Crippen molar-refractivity contribution in [1.82, 2.24) is 5.43 Å². The van der Waals surface area contributed by atoms with Gasteiger partial charge in [-0.2, -0.15) is 5.10 Å². The van der Waals surface area contributed by atoms with Gasteiger partial charge in [0, 0.05) is 12.8 Å². The summed E-state index contributed by atoms with van der Waals surface area (Å²) in [5.41, 5.74) is 2.19. The third-order valence-corrected chi connectivity index (χ3v) is 2.80. The van der Waals surface area contributed by atoms with Crippen LogP contribution in [0.2, 0.25) is 0 Å². The fraction of sp³-hybridized carbons (Fsp3) is 0.231. The lowest BCUT2D eigenvalue weighted by molar-refractivity contribution is -0.121. The van der Waals surface area contributed by atoms with Crippen LogP contribution in [0.1, 0.15) is 23.2 Å². The number of anilines is 1. The van der Waals surface area contributed by atoms with E-state index in [1.165, 1.54) is 19.2 Å². The number of rotatable bonds is 3. The molecule has 0 saturated carbocycles. The monoisotopic (exact) mass is 293 g/mol. The van der Waals surface area contributed by atoms with E-state index in [4.69, 9.17) is 0 Å². The largest absolute Gasteiger partial charge is 0.465 e. The van der Waals surface area contributed by atoms with Gasteiger partial charge in [0.15, 0.2) is 0 Å². The summed E-state index contributed by atoms with van der Waals surface area (Å²) in [5, 5.41) is 5.91. The molecule has 0 aromatic heterocycles. The molecule has 0 atom stereocenters. The van der Waals surface area contributed by atoms with Crippen LogP contribution in [0.5, 0.6) is 0 Å². The summed E-state index contributed by atoms with van der Waals surface area (Å²) in [6.07, 6.45) is 0.299. The maximum absolute atomic E-state index is 13.7. The maximum atomic E-state index is 13.7. The van der Waals surface area contributed by atoms with E-state index in [9.17, 15) is 18.8 Å². The number of methoxy groups -OCH3 is 1. The highest BCUT2D eigenvalue weighted by Gasteiger charge is 2.20. The molecule has 1 aliphatic heterocycles. The van der Waals surface area contributed by atoms with Crippen molar-refractivity contribution in [2.45, 2.75) is 12.8 Å². The summed E-state index contributed by atoms with van der Waals surface area (Å²) in [6, 6.07) is 3.46. The molecular weight excluding hydrogens is 281 g/mol. The Hall–Kier alpha value is -2.77. The zero-order valence-corrected chi connectivity index (χ0v) is 11.1. The Kier molecular flexibility index (Phi) is 4.27. The lowest BCUT2D eigenvalue weighted by atomic mass is 10.1. The van der Waals surface area contributed by atoms with E-state index in [1.54, 1.807) is 0 Å².